The maximum atomic E-state index is 13.2. The third-order valence-corrected chi connectivity index (χ3v) is 10.1. The predicted molar refractivity (Wildman–Crippen MR) is 177 cm³/mol. The van der Waals surface area contributed by atoms with E-state index < -0.39 is 9.84 Å². The summed E-state index contributed by atoms with van der Waals surface area (Å²) in [6, 6.07) is 23.9. The van der Waals surface area contributed by atoms with E-state index in [-0.39, 0.29) is 29.8 Å². The van der Waals surface area contributed by atoms with Gasteiger partial charge in [0.05, 0.1) is 21.0 Å². The van der Waals surface area contributed by atoms with Gasteiger partial charge in [0, 0.05) is 43.4 Å². The van der Waals surface area contributed by atoms with Gasteiger partial charge in [0.25, 0.3) is 5.91 Å². The molecule has 2 saturated heterocycles. The summed E-state index contributed by atoms with van der Waals surface area (Å²) in [5, 5.41) is 10.9. The van der Waals surface area contributed by atoms with Crippen LogP contribution in [0.4, 0.5) is 0 Å². The number of rotatable bonds is 7. The Kier molecular flexibility index (Phi) is 13.4. The summed E-state index contributed by atoms with van der Waals surface area (Å²) in [6.07, 6.45) is 6.80. The van der Waals surface area contributed by atoms with Gasteiger partial charge in [-0.1, -0.05) is 65.7 Å². The summed E-state index contributed by atoms with van der Waals surface area (Å²) >= 11 is 12.6. The van der Waals surface area contributed by atoms with E-state index in [1.165, 1.54) is 11.8 Å². The van der Waals surface area contributed by atoms with E-state index in [1.54, 1.807) is 30.3 Å². The molecule has 234 valence electrons. The Morgan fingerprint density at radius 1 is 0.930 bits per heavy atom. The zero-order chi connectivity index (χ0) is 30.2. The van der Waals surface area contributed by atoms with Gasteiger partial charge < -0.3 is 14.9 Å². The van der Waals surface area contributed by atoms with Crippen molar-refractivity contribution in [2.24, 2.45) is 0 Å². The van der Waals surface area contributed by atoms with Crippen molar-refractivity contribution in [2.45, 2.75) is 54.9 Å². The molecule has 1 unspecified atom stereocenters. The molecule has 43 heavy (non-hydrogen) atoms. The fourth-order valence-electron chi connectivity index (χ4n) is 5.93. The molecule has 2 aliphatic rings. The fourth-order valence-corrected chi connectivity index (χ4v) is 6.88. The number of sulfone groups is 1. The van der Waals surface area contributed by atoms with E-state index in [4.69, 9.17) is 23.2 Å². The lowest BCUT2D eigenvalue weighted by atomic mass is 9.71. The number of amides is 1. The Bertz CT molecular complexity index is 1420. The van der Waals surface area contributed by atoms with E-state index in [1.807, 2.05) is 47.4 Å². The van der Waals surface area contributed by atoms with Gasteiger partial charge in [0.2, 0.25) is 0 Å². The van der Waals surface area contributed by atoms with Crippen molar-refractivity contribution in [1.82, 2.24) is 9.80 Å². The first-order chi connectivity index (χ1) is 20.1. The average molecular weight is 668 g/mol. The largest absolute Gasteiger partial charge is 0.393 e. The Hall–Kier alpha value is -2.13. The highest BCUT2D eigenvalue weighted by molar-refractivity contribution is 7.90. The van der Waals surface area contributed by atoms with Crippen molar-refractivity contribution in [3.05, 3.63) is 100 Å². The van der Waals surface area contributed by atoms with Crippen LogP contribution in [0.1, 0.15) is 54.4 Å². The molecule has 3 aromatic rings. The van der Waals surface area contributed by atoms with Crippen molar-refractivity contribution in [1.29, 1.82) is 0 Å². The standard InChI is InChI=1S/C26H32Cl2N2O2.C7H8O2S.ClH/c27-23-9-8-21(18-24(23)28)26(12-4-14-29-16-10-22(31)11-17-29)13-5-15-30(19-26)25(32)20-6-2-1-3-7-20;1-10(8,9)7-5-3-2-4-6-7;/h1-3,6-9,18,22,31H,4-5,10-17,19H2;2-6H,1H3;1H. The van der Waals surface area contributed by atoms with Gasteiger partial charge in [-0.05, 0) is 87.0 Å². The lowest BCUT2D eigenvalue weighted by Crippen LogP contribution is -2.49. The highest BCUT2D eigenvalue weighted by Gasteiger charge is 2.39. The first-order valence-corrected chi connectivity index (χ1v) is 17.2. The molecule has 0 aliphatic carbocycles. The second-order valence-electron chi connectivity index (χ2n) is 11.4. The maximum absolute atomic E-state index is 13.2. The van der Waals surface area contributed by atoms with Gasteiger partial charge in [-0.3, -0.25) is 4.79 Å². The highest BCUT2D eigenvalue weighted by atomic mass is 35.5. The van der Waals surface area contributed by atoms with Gasteiger partial charge in [0.15, 0.2) is 9.84 Å². The van der Waals surface area contributed by atoms with Gasteiger partial charge in [-0.15, -0.1) is 12.4 Å². The quantitative estimate of drug-likeness (QED) is 0.296. The molecule has 0 aromatic heterocycles. The summed E-state index contributed by atoms with van der Waals surface area (Å²) in [6.45, 7) is 4.40. The van der Waals surface area contributed by atoms with Gasteiger partial charge in [-0.25, -0.2) is 8.42 Å². The number of halogens is 3. The van der Waals surface area contributed by atoms with Crippen LogP contribution in [0.5, 0.6) is 0 Å². The van der Waals surface area contributed by atoms with Crippen molar-refractivity contribution in [2.75, 3.05) is 39.0 Å². The zero-order valence-electron chi connectivity index (χ0n) is 24.5. The Labute approximate surface area is 272 Å². The molecule has 2 fully saturated rings. The lowest BCUT2D eigenvalue weighted by molar-refractivity contribution is 0.0607. The molecule has 1 amide bonds. The number of carbonyl (C=O) groups excluding carboxylic acids is 1. The molecule has 1 atom stereocenters. The third-order valence-electron chi connectivity index (χ3n) is 8.27. The number of piperidine rings is 2. The van der Waals surface area contributed by atoms with Crippen LogP contribution >= 0.6 is 35.6 Å². The van der Waals surface area contributed by atoms with Gasteiger partial charge in [-0.2, -0.15) is 0 Å². The number of aliphatic hydroxyl groups excluding tert-OH is 1. The Morgan fingerprint density at radius 3 is 2.14 bits per heavy atom. The third kappa shape index (κ3) is 9.93. The Morgan fingerprint density at radius 2 is 1.56 bits per heavy atom. The first kappa shape index (κ1) is 35.4. The van der Waals surface area contributed by atoms with E-state index >= 15 is 0 Å². The fraction of sp³-hybridized carbons (Fsp3) is 0.424. The van der Waals surface area contributed by atoms with Crippen molar-refractivity contribution in [3.8, 4) is 0 Å². The van der Waals surface area contributed by atoms with Gasteiger partial charge in [0.1, 0.15) is 0 Å². The zero-order valence-corrected chi connectivity index (χ0v) is 27.6. The molecule has 0 radical (unpaired) electrons. The van der Waals surface area contributed by atoms with Gasteiger partial charge >= 0.3 is 0 Å². The van der Waals surface area contributed by atoms with Crippen LogP contribution in [-0.4, -0.2) is 74.3 Å². The first-order valence-electron chi connectivity index (χ1n) is 14.5. The molecule has 1 N–H and O–H groups in total. The van der Waals surface area contributed by atoms with E-state index in [9.17, 15) is 18.3 Å². The second-order valence-corrected chi connectivity index (χ2v) is 14.2. The van der Waals surface area contributed by atoms with Crippen LogP contribution in [0.25, 0.3) is 0 Å². The number of hydrogen-bond acceptors (Lipinski definition) is 5. The second kappa shape index (κ2) is 16.3. The number of carbonyl (C=O) groups is 1. The molecule has 0 bridgehead atoms. The molecular weight excluding hydrogens is 627 g/mol. The number of benzene rings is 3. The Balaban J connectivity index is 0.000000392. The normalized spacial score (nSPS) is 19.6. The molecule has 2 aliphatic heterocycles. The topological polar surface area (TPSA) is 77.9 Å². The maximum Gasteiger partial charge on any atom is 0.253 e. The summed E-state index contributed by atoms with van der Waals surface area (Å²) < 4.78 is 21.7. The molecule has 10 heteroatoms. The van der Waals surface area contributed by atoms with Crippen LogP contribution in [-0.2, 0) is 15.3 Å². The average Bonchev–Trinajstić information content (AvgIpc) is 3.00. The molecule has 5 rings (SSSR count). The molecule has 2 heterocycles. The molecule has 0 spiro atoms. The monoisotopic (exact) mass is 666 g/mol. The molecule has 3 aromatic carbocycles. The van der Waals surface area contributed by atoms with Crippen LogP contribution in [0.2, 0.25) is 10.0 Å². The minimum Gasteiger partial charge on any atom is -0.393 e. The van der Waals surface area contributed by atoms with E-state index in [0.29, 0.717) is 21.5 Å². The summed E-state index contributed by atoms with van der Waals surface area (Å²) in [4.78, 5) is 18.1. The molecule has 6 nitrogen and oxygen atoms in total. The minimum absolute atomic E-state index is 0. The summed E-state index contributed by atoms with van der Waals surface area (Å²) in [5.74, 6) is 0.0970. The highest BCUT2D eigenvalue weighted by Crippen LogP contribution is 2.41. The number of hydrogen-bond donors (Lipinski definition) is 1. The van der Waals surface area contributed by atoms with Crippen molar-refractivity contribution in [3.63, 3.8) is 0 Å². The SMILES string of the molecule is CS(=O)(=O)c1ccccc1.Cl.O=C(c1ccccc1)N1CCCC(CCCN2CCC(O)CC2)(c2ccc(Cl)c(Cl)c2)C1. The van der Waals surface area contributed by atoms with Crippen LogP contribution in [0, 0.1) is 0 Å². The molecule has 0 saturated carbocycles. The summed E-state index contributed by atoms with van der Waals surface area (Å²) in [7, 11) is -3.00. The van der Waals surface area contributed by atoms with Crippen LogP contribution in [0.15, 0.2) is 83.8 Å². The van der Waals surface area contributed by atoms with Crippen LogP contribution in [0.3, 0.4) is 0 Å². The van der Waals surface area contributed by atoms with Crippen molar-refractivity contribution >= 4 is 51.4 Å². The number of aliphatic hydroxyl groups is 1. The predicted octanol–water partition coefficient (Wildman–Crippen LogP) is 6.92. The molecular formula is C33H41Cl3N2O4S. The smallest absolute Gasteiger partial charge is 0.253 e. The van der Waals surface area contributed by atoms with E-state index in [2.05, 4.69) is 11.0 Å². The minimum atomic E-state index is -3.00. The van der Waals surface area contributed by atoms with Crippen LogP contribution < -0.4 is 0 Å². The lowest BCUT2D eigenvalue weighted by Gasteiger charge is -2.44. The number of nitrogens with zero attached hydrogens (tertiary/aromatic N) is 2. The number of likely N-dealkylation sites (tertiary alicyclic amines) is 2. The van der Waals surface area contributed by atoms with Crippen molar-refractivity contribution < 1.29 is 18.3 Å². The summed E-state index contributed by atoms with van der Waals surface area (Å²) in [5.41, 5.74) is 1.78. The van der Waals surface area contributed by atoms with E-state index in [0.717, 1.165) is 70.3 Å².